The van der Waals surface area contributed by atoms with Gasteiger partial charge in [-0.2, -0.15) is 0 Å². The summed E-state index contributed by atoms with van der Waals surface area (Å²) in [4.78, 5) is 24.0. The molecule has 2 bridgehead atoms. The number of hydrogen-bond donors (Lipinski definition) is 3. The van der Waals surface area contributed by atoms with Crippen molar-refractivity contribution in [2.75, 3.05) is 19.7 Å². The molecule has 0 aromatic carbocycles. The van der Waals surface area contributed by atoms with Gasteiger partial charge < -0.3 is 25.2 Å². The summed E-state index contributed by atoms with van der Waals surface area (Å²) in [5.74, 6) is -1.24. The molecule has 3 atom stereocenters. The van der Waals surface area contributed by atoms with E-state index >= 15 is 0 Å². The van der Waals surface area contributed by atoms with Crippen LogP contribution in [0.25, 0.3) is 0 Å². The van der Waals surface area contributed by atoms with Crippen LogP contribution < -0.4 is 5.32 Å². The molecule has 0 aromatic heterocycles. The van der Waals surface area contributed by atoms with Crippen molar-refractivity contribution >= 4 is 12.0 Å². The van der Waals surface area contributed by atoms with Crippen LogP contribution in [-0.4, -0.2) is 65.1 Å². The van der Waals surface area contributed by atoms with Gasteiger partial charge in [0.15, 0.2) is 6.04 Å². The molecule has 2 unspecified atom stereocenters. The van der Waals surface area contributed by atoms with Crippen LogP contribution in [-0.2, 0) is 9.53 Å². The zero-order chi connectivity index (χ0) is 12.4. The summed E-state index contributed by atoms with van der Waals surface area (Å²) in [6, 6.07) is -1.70. The van der Waals surface area contributed by atoms with E-state index in [1.807, 2.05) is 0 Å². The van der Waals surface area contributed by atoms with Gasteiger partial charge in [-0.3, -0.25) is 0 Å². The predicted molar refractivity (Wildman–Crippen MR) is 56.5 cm³/mol. The van der Waals surface area contributed by atoms with E-state index in [1.165, 1.54) is 0 Å². The fraction of sp³-hybridized carbons (Fsp3) is 0.800. The Labute approximate surface area is 98.3 Å². The van der Waals surface area contributed by atoms with E-state index in [0.29, 0.717) is 13.1 Å². The Hall–Kier alpha value is -1.34. The highest BCUT2D eigenvalue weighted by atomic mass is 16.5. The van der Waals surface area contributed by atoms with Gasteiger partial charge in [0, 0.05) is 13.1 Å². The Balaban J connectivity index is 1.89. The van der Waals surface area contributed by atoms with Crippen LogP contribution >= 0.6 is 0 Å². The summed E-state index contributed by atoms with van der Waals surface area (Å²) in [6.07, 6.45) is 2.02. The van der Waals surface area contributed by atoms with E-state index in [2.05, 4.69) is 5.32 Å². The lowest BCUT2D eigenvalue weighted by Gasteiger charge is -2.32. The van der Waals surface area contributed by atoms with Gasteiger partial charge in [0.05, 0.1) is 18.8 Å². The molecule has 0 aromatic rings. The molecular weight excluding hydrogens is 228 g/mol. The molecule has 0 radical (unpaired) electrons. The van der Waals surface area contributed by atoms with E-state index in [9.17, 15) is 9.59 Å². The number of urea groups is 1. The molecule has 2 aliphatic heterocycles. The van der Waals surface area contributed by atoms with Crippen LogP contribution in [0.1, 0.15) is 12.8 Å². The average Bonchev–Trinajstić information content (AvgIpc) is 2.64. The number of aliphatic hydroxyl groups excluding tert-OH is 1. The smallest absolute Gasteiger partial charge is 0.328 e. The first-order chi connectivity index (χ1) is 8.10. The number of carbonyl (C=O) groups excluding carboxylic acids is 1. The minimum atomic E-state index is -1.25. The monoisotopic (exact) mass is 244 g/mol. The summed E-state index contributed by atoms with van der Waals surface area (Å²) in [6.45, 7) is 0.360. The molecule has 2 rings (SSSR count). The molecule has 2 saturated heterocycles. The maximum Gasteiger partial charge on any atom is 0.328 e. The highest BCUT2D eigenvalue weighted by Crippen LogP contribution is 2.26. The summed E-state index contributed by atoms with van der Waals surface area (Å²) in [5.41, 5.74) is 0. The Morgan fingerprint density at radius 3 is 2.41 bits per heavy atom. The van der Waals surface area contributed by atoms with E-state index < -0.39 is 24.6 Å². The Kier molecular flexibility index (Phi) is 3.49. The quantitative estimate of drug-likeness (QED) is 0.591. The summed E-state index contributed by atoms with van der Waals surface area (Å²) in [5, 5.41) is 19.8. The number of ether oxygens (including phenoxy) is 1. The van der Waals surface area contributed by atoms with Gasteiger partial charge in [-0.25, -0.2) is 9.59 Å². The van der Waals surface area contributed by atoms with Gasteiger partial charge in [0.2, 0.25) is 0 Å². The molecule has 2 fully saturated rings. The van der Waals surface area contributed by atoms with Gasteiger partial charge in [0.1, 0.15) is 0 Å². The Morgan fingerprint density at radius 1 is 1.35 bits per heavy atom. The number of hydrogen-bond acceptors (Lipinski definition) is 4. The molecule has 7 heteroatoms. The summed E-state index contributed by atoms with van der Waals surface area (Å²) in [7, 11) is 0. The molecule has 2 heterocycles. The number of amides is 2. The van der Waals surface area contributed by atoms with Crippen LogP contribution in [0.5, 0.6) is 0 Å². The highest BCUT2D eigenvalue weighted by Gasteiger charge is 2.36. The van der Waals surface area contributed by atoms with E-state index in [-0.39, 0.29) is 12.2 Å². The van der Waals surface area contributed by atoms with Crippen LogP contribution in [0.15, 0.2) is 0 Å². The molecule has 2 aliphatic rings. The molecule has 7 nitrogen and oxygen atoms in total. The number of carboxylic acid groups (broad SMARTS) is 1. The molecule has 96 valence electrons. The molecular formula is C10H16N2O5. The maximum atomic E-state index is 11.8. The van der Waals surface area contributed by atoms with Crippen molar-refractivity contribution < 1.29 is 24.5 Å². The van der Waals surface area contributed by atoms with E-state index in [0.717, 1.165) is 12.8 Å². The number of rotatable bonds is 3. The minimum absolute atomic E-state index is 0.0666. The van der Waals surface area contributed by atoms with Crippen LogP contribution in [0.2, 0.25) is 0 Å². The second-order valence-corrected chi connectivity index (χ2v) is 4.39. The Morgan fingerprint density at radius 2 is 1.94 bits per heavy atom. The number of morpholine rings is 1. The third kappa shape index (κ3) is 2.67. The number of aliphatic carboxylic acids is 1. The minimum Gasteiger partial charge on any atom is -0.480 e. The largest absolute Gasteiger partial charge is 0.480 e. The topological polar surface area (TPSA) is 99.1 Å². The second kappa shape index (κ2) is 4.89. The lowest BCUT2D eigenvalue weighted by atomic mass is 10.2. The molecule has 0 saturated carbocycles. The fourth-order valence-corrected chi connectivity index (χ4v) is 2.21. The van der Waals surface area contributed by atoms with E-state index in [4.69, 9.17) is 14.9 Å². The van der Waals surface area contributed by atoms with Gasteiger partial charge in [-0.05, 0) is 12.8 Å². The number of carbonyl (C=O) groups is 2. The SMILES string of the molecule is O=C(O)[C@@H](CO)NC(=O)N1CC2CCC(C1)O2. The zero-order valence-electron chi connectivity index (χ0n) is 9.33. The zero-order valence-corrected chi connectivity index (χ0v) is 9.33. The maximum absolute atomic E-state index is 11.8. The van der Waals surface area contributed by atoms with Crippen LogP contribution in [0, 0.1) is 0 Å². The van der Waals surface area contributed by atoms with Crippen molar-refractivity contribution in [3.8, 4) is 0 Å². The van der Waals surface area contributed by atoms with Crippen molar-refractivity contribution in [1.82, 2.24) is 10.2 Å². The lowest BCUT2D eigenvalue weighted by Crippen LogP contribution is -2.54. The number of likely N-dealkylation sites (tertiary alicyclic amines) is 1. The van der Waals surface area contributed by atoms with Crippen molar-refractivity contribution in [3.05, 3.63) is 0 Å². The summed E-state index contributed by atoms with van der Waals surface area (Å²) < 4.78 is 5.57. The predicted octanol–water partition coefficient (Wildman–Crippen LogP) is -0.995. The number of nitrogens with zero attached hydrogens (tertiary/aromatic N) is 1. The average molecular weight is 244 g/mol. The van der Waals surface area contributed by atoms with Gasteiger partial charge in [-0.1, -0.05) is 0 Å². The molecule has 0 aliphatic carbocycles. The number of fused-ring (bicyclic) bond motifs is 2. The fourth-order valence-electron chi connectivity index (χ4n) is 2.21. The van der Waals surface area contributed by atoms with Gasteiger partial charge >= 0.3 is 12.0 Å². The third-order valence-electron chi connectivity index (χ3n) is 3.11. The number of aliphatic hydroxyl groups is 1. The standard InChI is InChI=1S/C10H16N2O5/c13-5-8(9(14)15)11-10(16)12-3-6-1-2-7(4-12)17-6/h6-8,13H,1-5H2,(H,11,16)(H,14,15)/t6?,7?,8-/m1/s1. The molecule has 17 heavy (non-hydrogen) atoms. The van der Waals surface area contributed by atoms with Gasteiger partial charge in [0.25, 0.3) is 0 Å². The van der Waals surface area contributed by atoms with Crippen LogP contribution in [0.3, 0.4) is 0 Å². The highest BCUT2D eigenvalue weighted by molar-refractivity contribution is 5.82. The first kappa shape index (κ1) is 12.1. The summed E-state index contributed by atoms with van der Waals surface area (Å²) >= 11 is 0. The van der Waals surface area contributed by atoms with Crippen LogP contribution in [0.4, 0.5) is 4.79 Å². The van der Waals surface area contributed by atoms with Crippen molar-refractivity contribution in [1.29, 1.82) is 0 Å². The van der Waals surface area contributed by atoms with Crippen molar-refractivity contribution in [3.63, 3.8) is 0 Å². The normalized spacial score (nSPS) is 28.9. The first-order valence-corrected chi connectivity index (χ1v) is 5.64. The number of carboxylic acids is 1. The number of nitrogens with one attached hydrogen (secondary N) is 1. The third-order valence-corrected chi connectivity index (χ3v) is 3.11. The second-order valence-electron chi connectivity index (χ2n) is 4.39. The molecule has 3 N–H and O–H groups in total. The molecule has 0 spiro atoms. The first-order valence-electron chi connectivity index (χ1n) is 5.64. The van der Waals surface area contributed by atoms with E-state index in [1.54, 1.807) is 4.90 Å². The Bertz CT molecular complexity index is 310. The lowest BCUT2D eigenvalue weighted by molar-refractivity contribution is -0.140. The van der Waals surface area contributed by atoms with Crippen molar-refractivity contribution in [2.24, 2.45) is 0 Å². The van der Waals surface area contributed by atoms with Gasteiger partial charge in [-0.15, -0.1) is 0 Å². The van der Waals surface area contributed by atoms with Crippen molar-refractivity contribution in [2.45, 2.75) is 31.1 Å². The molecule has 2 amide bonds.